The number of benzene rings is 2. The van der Waals surface area contributed by atoms with Crippen molar-refractivity contribution in [2.24, 2.45) is 0 Å². The first-order valence-electron chi connectivity index (χ1n) is 8.00. The van der Waals surface area contributed by atoms with Crippen LogP contribution in [0.25, 0.3) is 21.7 Å². The molecule has 2 aromatic carbocycles. The number of carbonyl (C=O) groups excluding carboxylic acids is 1. The van der Waals surface area contributed by atoms with Gasteiger partial charge in [-0.25, -0.2) is 0 Å². The van der Waals surface area contributed by atoms with Gasteiger partial charge in [0.15, 0.2) is 0 Å². The number of carboxylic acid groups (broad SMARTS) is 1. The fourth-order valence-corrected chi connectivity index (χ4v) is 2.97. The van der Waals surface area contributed by atoms with Gasteiger partial charge in [-0.1, -0.05) is 30.3 Å². The van der Waals surface area contributed by atoms with E-state index in [1.807, 2.05) is 56.3 Å². The largest absolute Gasteiger partial charge is 0.481 e. The molecule has 0 unspecified atom stereocenters. The van der Waals surface area contributed by atoms with Gasteiger partial charge in [-0.15, -0.1) is 0 Å². The van der Waals surface area contributed by atoms with Crippen LogP contribution in [-0.4, -0.2) is 39.5 Å². The van der Waals surface area contributed by atoms with Crippen LogP contribution in [0.2, 0.25) is 0 Å². The van der Waals surface area contributed by atoms with E-state index in [2.05, 4.69) is 4.98 Å². The Balaban J connectivity index is 1.99. The average Bonchev–Trinajstić information content (AvgIpc) is 2.99. The van der Waals surface area contributed by atoms with Crippen molar-refractivity contribution in [3.8, 4) is 0 Å². The van der Waals surface area contributed by atoms with Crippen molar-refractivity contribution in [2.45, 2.75) is 26.3 Å². The van der Waals surface area contributed by atoms with Crippen LogP contribution in [0.5, 0.6) is 0 Å². The number of amides is 1. The summed E-state index contributed by atoms with van der Waals surface area (Å²) in [6.45, 7) is 3.97. The van der Waals surface area contributed by atoms with E-state index in [9.17, 15) is 9.59 Å². The number of hydrogen-bond acceptors (Lipinski definition) is 2. The highest BCUT2D eigenvalue weighted by Gasteiger charge is 2.21. The van der Waals surface area contributed by atoms with Gasteiger partial charge < -0.3 is 15.0 Å². The SMILES string of the molecule is CC(C)N(CCC(=O)O)C(=O)c1cc2c(ccc3ccccc32)[nH]1. The quantitative estimate of drug-likeness (QED) is 0.752. The summed E-state index contributed by atoms with van der Waals surface area (Å²) in [6, 6.07) is 13.8. The molecule has 1 amide bonds. The zero-order chi connectivity index (χ0) is 17.3. The normalized spacial score (nSPS) is 11.3. The summed E-state index contributed by atoms with van der Waals surface area (Å²) in [5.74, 6) is -1.08. The van der Waals surface area contributed by atoms with Crippen molar-refractivity contribution in [1.29, 1.82) is 0 Å². The predicted molar refractivity (Wildman–Crippen MR) is 94.2 cm³/mol. The van der Waals surface area contributed by atoms with Gasteiger partial charge in [0.1, 0.15) is 5.69 Å². The molecule has 1 aromatic heterocycles. The Morgan fingerprint density at radius 2 is 1.88 bits per heavy atom. The molecule has 3 rings (SSSR count). The van der Waals surface area contributed by atoms with Crippen LogP contribution in [0.1, 0.15) is 30.8 Å². The Morgan fingerprint density at radius 1 is 1.12 bits per heavy atom. The Bertz CT molecular complexity index is 911. The first-order valence-corrected chi connectivity index (χ1v) is 8.00. The lowest BCUT2D eigenvalue weighted by Gasteiger charge is -2.25. The smallest absolute Gasteiger partial charge is 0.305 e. The summed E-state index contributed by atoms with van der Waals surface area (Å²) in [7, 11) is 0. The van der Waals surface area contributed by atoms with Crippen LogP contribution in [0.3, 0.4) is 0 Å². The minimum absolute atomic E-state index is 0.0624. The number of nitrogens with zero attached hydrogens (tertiary/aromatic N) is 1. The Labute approximate surface area is 139 Å². The molecular formula is C19H20N2O3. The molecule has 0 saturated carbocycles. The maximum Gasteiger partial charge on any atom is 0.305 e. The number of fused-ring (bicyclic) bond motifs is 3. The number of carbonyl (C=O) groups is 2. The van der Waals surface area contributed by atoms with Crippen molar-refractivity contribution in [1.82, 2.24) is 9.88 Å². The molecule has 0 aliphatic heterocycles. The second kappa shape index (κ2) is 6.35. The van der Waals surface area contributed by atoms with Crippen molar-refractivity contribution >= 4 is 33.6 Å². The molecule has 5 nitrogen and oxygen atoms in total. The van der Waals surface area contributed by atoms with E-state index in [1.54, 1.807) is 4.90 Å². The molecule has 0 radical (unpaired) electrons. The number of nitrogens with one attached hydrogen (secondary N) is 1. The molecule has 5 heteroatoms. The molecule has 0 atom stereocenters. The second-order valence-corrected chi connectivity index (χ2v) is 6.17. The Hall–Kier alpha value is -2.82. The van der Waals surface area contributed by atoms with Crippen molar-refractivity contribution in [3.05, 3.63) is 48.2 Å². The van der Waals surface area contributed by atoms with Crippen LogP contribution < -0.4 is 0 Å². The van der Waals surface area contributed by atoms with E-state index in [-0.39, 0.29) is 24.9 Å². The highest BCUT2D eigenvalue weighted by molar-refractivity contribution is 6.09. The number of aromatic nitrogens is 1. The van der Waals surface area contributed by atoms with E-state index in [0.29, 0.717) is 5.69 Å². The van der Waals surface area contributed by atoms with Gasteiger partial charge in [0.25, 0.3) is 5.91 Å². The molecule has 0 saturated heterocycles. The molecule has 24 heavy (non-hydrogen) atoms. The van der Waals surface area contributed by atoms with Crippen molar-refractivity contribution in [2.75, 3.05) is 6.54 Å². The number of aromatic amines is 1. The highest BCUT2D eigenvalue weighted by atomic mass is 16.4. The Morgan fingerprint density at radius 3 is 2.58 bits per heavy atom. The third-order valence-electron chi connectivity index (χ3n) is 4.21. The highest BCUT2D eigenvalue weighted by Crippen LogP contribution is 2.26. The van der Waals surface area contributed by atoms with Crippen LogP contribution in [0.15, 0.2) is 42.5 Å². The summed E-state index contributed by atoms with van der Waals surface area (Å²) in [5, 5.41) is 12.1. The van der Waals surface area contributed by atoms with Gasteiger partial charge in [0, 0.05) is 23.5 Å². The maximum atomic E-state index is 12.8. The van der Waals surface area contributed by atoms with Crippen LogP contribution in [-0.2, 0) is 4.79 Å². The van der Waals surface area contributed by atoms with E-state index in [0.717, 1.165) is 21.7 Å². The zero-order valence-corrected chi connectivity index (χ0v) is 13.7. The van der Waals surface area contributed by atoms with Gasteiger partial charge in [-0.2, -0.15) is 0 Å². The molecule has 0 aliphatic rings. The minimum Gasteiger partial charge on any atom is -0.481 e. The molecular weight excluding hydrogens is 304 g/mol. The molecule has 2 N–H and O–H groups in total. The number of hydrogen-bond donors (Lipinski definition) is 2. The summed E-state index contributed by atoms with van der Waals surface area (Å²) in [5.41, 5.74) is 1.39. The lowest BCUT2D eigenvalue weighted by atomic mass is 10.1. The standard InChI is InChI=1S/C19H20N2O3/c1-12(2)21(10-9-18(22)23)19(24)17-11-15-14-6-4-3-5-13(14)7-8-16(15)20-17/h3-8,11-12,20H,9-10H2,1-2H3,(H,22,23). The predicted octanol–water partition coefficient (Wildman–Crippen LogP) is 3.65. The molecule has 0 spiro atoms. The lowest BCUT2D eigenvalue weighted by Crippen LogP contribution is -2.38. The summed E-state index contributed by atoms with van der Waals surface area (Å²) < 4.78 is 0. The monoisotopic (exact) mass is 324 g/mol. The van der Waals surface area contributed by atoms with Crippen molar-refractivity contribution < 1.29 is 14.7 Å². The van der Waals surface area contributed by atoms with E-state index >= 15 is 0 Å². The summed E-state index contributed by atoms with van der Waals surface area (Å²) >= 11 is 0. The summed E-state index contributed by atoms with van der Waals surface area (Å²) in [6.07, 6.45) is -0.0624. The number of carboxylic acids is 1. The summed E-state index contributed by atoms with van der Waals surface area (Å²) in [4.78, 5) is 28.4. The number of aliphatic carboxylic acids is 1. The van der Waals surface area contributed by atoms with Gasteiger partial charge >= 0.3 is 5.97 Å². The average molecular weight is 324 g/mol. The molecule has 0 bridgehead atoms. The third kappa shape index (κ3) is 2.97. The first-order chi connectivity index (χ1) is 11.5. The van der Waals surface area contributed by atoms with Gasteiger partial charge in [0.2, 0.25) is 0 Å². The fourth-order valence-electron chi connectivity index (χ4n) is 2.97. The van der Waals surface area contributed by atoms with E-state index < -0.39 is 5.97 Å². The maximum absolute atomic E-state index is 12.8. The number of rotatable bonds is 5. The molecule has 124 valence electrons. The molecule has 0 fully saturated rings. The minimum atomic E-state index is -0.906. The van der Waals surface area contributed by atoms with Gasteiger partial charge in [-0.05, 0) is 36.8 Å². The van der Waals surface area contributed by atoms with Crippen LogP contribution in [0.4, 0.5) is 0 Å². The lowest BCUT2D eigenvalue weighted by molar-refractivity contribution is -0.137. The number of H-pyrrole nitrogens is 1. The molecule has 3 aromatic rings. The van der Waals surface area contributed by atoms with Crippen LogP contribution >= 0.6 is 0 Å². The second-order valence-electron chi connectivity index (χ2n) is 6.17. The topological polar surface area (TPSA) is 73.4 Å². The Kier molecular flexibility index (Phi) is 4.25. The van der Waals surface area contributed by atoms with E-state index in [4.69, 9.17) is 5.11 Å². The van der Waals surface area contributed by atoms with Gasteiger partial charge in [0.05, 0.1) is 6.42 Å². The first kappa shape index (κ1) is 16.1. The van der Waals surface area contributed by atoms with Crippen molar-refractivity contribution in [3.63, 3.8) is 0 Å². The third-order valence-corrected chi connectivity index (χ3v) is 4.21. The molecule has 1 heterocycles. The fraction of sp³-hybridized carbons (Fsp3) is 0.263. The van der Waals surface area contributed by atoms with Gasteiger partial charge in [-0.3, -0.25) is 9.59 Å². The van der Waals surface area contributed by atoms with Crippen LogP contribution in [0, 0.1) is 0 Å². The van der Waals surface area contributed by atoms with E-state index in [1.165, 1.54) is 0 Å². The zero-order valence-electron chi connectivity index (χ0n) is 13.7. The molecule has 0 aliphatic carbocycles.